The maximum absolute atomic E-state index is 6.20. The lowest BCUT2D eigenvalue weighted by molar-refractivity contribution is 0.317. The average Bonchev–Trinajstić information content (AvgIpc) is 2.36. The van der Waals surface area contributed by atoms with Crippen LogP contribution < -0.4 is 4.74 Å². The third-order valence-corrected chi connectivity index (χ3v) is 3.00. The van der Waals surface area contributed by atoms with Crippen LogP contribution >= 0.6 is 11.6 Å². The second-order valence-corrected chi connectivity index (χ2v) is 3.86. The molecule has 0 radical (unpaired) electrons. The van der Waals surface area contributed by atoms with Gasteiger partial charge in [-0.3, -0.25) is 0 Å². The molecule has 1 aliphatic heterocycles. The Morgan fingerprint density at radius 1 is 1.31 bits per heavy atom. The number of fused-ring (bicyclic) bond motifs is 1. The van der Waals surface area contributed by atoms with Crippen molar-refractivity contribution in [3.8, 4) is 5.75 Å². The topological polar surface area (TPSA) is 9.23 Å². The molecule has 0 aliphatic carbocycles. The Balaban J connectivity index is 2.48. The van der Waals surface area contributed by atoms with Gasteiger partial charge in [-0.25, -0.2) is 0 Å². The molecule has 0 fully saturated rings. The van der Waals surface area contributed by atoms with Crippen LogP contribution in [0.2, 0.25) is 5.02 Å². The van der Waals surface area contributed by atoms with E-state index >= 15 is 0 Å². The van der Waals surface area contributed by atoms with E-state index in [9.17, 15) is 0 Å². The van der Waals surface area contributed by atoms with Gasteiger partial charge in [0.15, 0.2) is 0 Å². The minimum absolute atomic E-state index is 0.826. The van der Waals surface area contributed by atoms with Crippen LogP contribution in [0.1, 0.15) is 24.0 Å². The first-order valence-electron chi connectivity index (χ1n) is 4.70. The van der Waals surface area contributed by atoms with E-state index in [0.717, 1.165) is 35.8 Å². The zero-order chi connectivity index (χ0) is 9.26. The van der Waals surface area contributed by atoms with Crippen LogP contribution in [0.5, 0.6) is 5.75 Å². The molecule has 0 bridgehead atoms. The SMILES string of the molecule is Cc1ccc2c(c1Cl)CCCCO2. The van der Waals surface area contributed by atoms with Gasteiger partial charge in [0.25, 0.3) is 0 Å². The van der Waals surface area contributed by atoms with E-state index in [1.54, 1.807) is 0 Å². The Kier molecular flexibility index (Phi) is 2.45. The molecule has 1 aromatic carbocycles. The van der Waals surface area contributed by atoms with Crippen LogP contribution in [-0.4, -0.2) is 6.61 Å². The van der Waals surface area contributed by atoms with Gasteiger partial charge >= 0.3 is 0 Å². The fraction of sp³-hybridized carbons (Fsp3) is 0.455. The summed E-state index contributed by atoms with van der Waals surface area (Å²) in [5.74, 6) is 0.980. The molecule has 0 saturated heterocycles. The lowest BCUT2D eigenvalue weighted by Crippen LogP contribution is -1.95. The van der Waals surface area contributed by atoms with Crippen molar-refractivity contribution in [3.05, 3.63) is 28.3 Å². The highest BCUT2D eigenvalue weighted by Crippen LogP contribution is 2.32. The van der Waals surface area contributed by atoms with Crippen LogP contribution in [-0.2, 0) is 6.42 Å². The molecule has 1 aromatic rings. The van der Waals surface area contributed by atoms with Gasteiger partial charge in [0, 0.05) is 5.56 Å². The van der Waals surface area contributed by atoms with Crippen LogP contribution in [0.15, 0.2) is 12.1 Å². The lowest BCUT2D eigenvalue weighted by Gasteiger charge is -2.09. The van der Waals surface area contributed by atoms with Crippen LogP contribution in [0.3, 0.4) is 0 Å². The molecule has 0 atom stereocenters. The van der Waals surface area contributed by atoms with Gasteiger partial charge in [0.1, 0.15) is 5.75 Å². The average molecular weight is 197 g/mol. The van der Waals surface area contributed by atoms with E-state index in [1.807, 2.05) is 19.1 Å². The molecule has 0 saturated carbocycles. The summed E-state index contributed by atoms with van der Waals surface area (Å²) in [4.78, 5) is 0. The summed E-state index contributed by atoms with van der Waals surface area (Å²) < 4.78 is 5.60. The van der Waals surface area contributed by atoms with Crippen molar-refractivity contribution in [2.45, 2.75) is 26.2 Å². The summed E-state index contributed by atoms with van der Waals surface area (Å²) in [5.41, 5.74) is 2.34. The van der Waals surface area contributed by atoms with Crippen LogP contribution in [0.25, 0.3) is 0 Å². The first-order chi connectivity index (χ1) is 6.29. The number of benzene rings is 1. The van der Waals surface area contributed by atoms with E-state index in [-0.39, 0.29) is 0 Å². The Morgan fingerprint density at radius 3 is 3.00 bits per heavy atom. The Morgan fingerprint density at radius 2 is 2.15 bits per heavy atom. The fourth-order valence-corrected chi connectivity index (χ4v) is 1.93. The molecule has 1 nitrogen and oxygen atoms in total. The number of hydrogen-bond donors (Lipinski definition) is 0. The number of hydrogen-bond acceptors (Lipinski definition) is 1. The predicted octanol–water partition coefficient (Wildman–Crippen LogP) is 3.36. The van der Waals surface area contributed by atoms with Gasteiger partial charge in [0.05, 0.1) is 11.6 Å². The second kappa shape index (κ2) is 3.59. The van der Waals surface area contributed by atoms with Crippen molar-refractivity contribution in [2.75, 3.05) is 6.61 Å². The van der Waals surface area contributed by atoms with Gasteiger partial charge in [-0.05, 0) is 37.8 Å². The smallest absolute Gasteiger partial charge is 0.123 e. The molecule has 1 heterocycles. The van der Waals surface area contributed by atoms with E-state index in [4.69, 9.17) is 16.3 Å². The summed E-state index contributed by atoms with van der Waals surface area (Å²) in [6, 6.07) is 4.05. The number of rotatable bonds is 0. The first kappa shape index (κ1) is 8.89. The van der Waals surface area contributed by atoms with E-state index in [1.165, 1.54) is 12.0 Å². The molecule has 0 aromatic heterocycles. The third kappa shape index (κ3) is 1.66. The van der Waals surface area contributed by atoms with E-state index < -0.39 is 0 Å². The summed E-state index contributed by atoms with van der Waals surface area (Å²) in [7, 11) is 0. The van der Waals surface area contributed by atoms with Gasteiger partial charge in [0.2, 0.25) is 0 Å². The minimum Gasteiger partial charge on any atom is -0.493 e. The maximum atomic E-state index is 6.20. The lowest BCUT2D eigenvalue weighted by atomic mass is 10.1. The predicted molar refractivity (Wildman–Crippen MR) is 54.6 cm³/mol. The largest absolute Gasteiger partial charge is 0.493 e. The molecule has 2 rings (SSSR count). The minimum atomic E-state index is 0.826. The summed E-state index contributed by atoms with van der Waals surface area (Å²) in [6.45, 7) is 2.86. The highest BCUT2D eigenvalue weighted by Gasteiger charge is 2.13. The summed E-state index contributed by atoms with van der Waals surface area (Å²) in [6.07, 6.45) is 3.36. The van der Waals surface area contributed by atoms with Crippen molar-refractivity contribution < 1.29 is 4.74 Å². The zero-order valence-corrected chi connectivity index (χ0v) is 8.53. The van der Waals surface area contributed by atoms with Crippen molar-refractivity contribution in [1.82, 2.24) is 0 Å². The quantitative estimate of drug-likeness (QED) is 0.618. The van der Waals surface area contributed by atoms with Gasteiger partial charge < -0.3 is 4.74 Å². The highest BCUT2D eigenvalue weighted by atomic mass is 35.5. The van der Waals surface area contributed by atoms with Crippen molar-refractivity contribution >= 4 is 11.6 Å². The monoisotopic (exact) mass is 196 g/mol. The molecular formula is C11H13ClO. The van der Waals surface area contributed by atoms with Crippen molar-refractivity contribution in [3.63, 3.8) is 0 Å². The van der Waals surface area contributed by atoms with Crippen LogP contribution in [0, 0.1) is 6.92 Å². The first-order valence-corrected chi connectivity index (χ1v) is 5.07. The molecular weight excluding hydrogens is 184 g/mol. The highest BCUT2D eigenvalue weighted by molar-refractivity contribution is 6.32. The Hall–Kier alpha value is -0.690. The number of aryl methyl sites for hydroxylation is 1. The van der Waals surface area contributed by atoms with Crippen molar-refractivity contribution in [2.24, 2.45) is 0 Å². The molecule has 0 spiro atoms. The molecule has 1 aliphatic rings. The summed E-state index contributed by atoms with van der Waals surface area (Å²) >= 11 is 6.20. The standard InChI is InChI=1S/C11H13ClO/c1-8-5-6-10-9(11(8)12)4-2-3-7-13-10/h5-6H,2-4,7H2,1H3. The zero-order valence-electron chi connectivity index (χ0n) is 7.77. The van der Waals surface area contributed by atoms with Gasteiger partial charge in [-0.1, -0.05) is 17.7 Å². The Labute approximate surface area is 83.7 Å². The third-order valence-electron chi connectivity index (χ3n) is 2.47. The molecule has 0 N–H and O–H groups in total. The molecule has 0 amide bonds. The molecule has 2 heteroatoms. The van der Waals surface area contributed by atoms with Gasteiger partial charge in [-0.2, -0.15) is 0 Å². The summed E-state index contributed by atoms with van der Waals surface area (Å²) in [5, 5.41) is 0.888. The van der Waals surface area contributed by atoms with Crippen LogP contribution in [0.4, 0.5) is 0 Å². The second-order valence-electron chi connectivity index (χ2n) is 3.48. The molecule has 13 heavy (non-hydrogen) atoms. The maximum Gasteiger partial charge on any atom is 0.123 e. The fourth-order valence-electron chi connectivity index (χ4n) is 1.67. The number of ether oxygens (including phenoxy) is 1. The Bertz CT molecular complexity index is 320. The van der Waals surface area contributed by atoms with Gasteiger partial charge in [-0.15, -0.1) is 0 Å². The van der Waals surface area contributed by atoms with E-state index in [0.29, 0.717) is 0 Å². The normalized spacial score (nSPS) is 15.8. The van der Waals surface area contributed by atoms with Crippen molar-refractivity contribution in [1.29, 1.82) is 0 Å². The number of halogens is 1. The van der Waals surface area contributed by atoms with E-state index in [2.05, 4.69) is 0 Å². The molecule has 70 valence electrons. The molecule has 0 unspecified atom stereocenters.